The van der Waals surface area contributed by atoms with E-state index in [0.29, 0.717) is 17.5 Å². The fourth-order valence-corrected chi connectivity index (χ4v) is 2.96. The minimum atomic E-state index is 0.209. The lowest BCUT2D eigenvalue weighted by molar-refractivity contribution is -0.121. The van der Waals surface area contributed by atoms with Crippen LogP contribution in [-0.2, 0) is 11.2 Å². The summed E-state index contributed by atoms with van der Waals surface area (Å²) in [6, 6.07) is 7.27. The molecule has 1 saturated carbocycles. The standard InChI is InChI=1S/C16H22O2/c1-2-3-4-13-7-10-16(18)15(13)11-12-5-8-14(17)9-6-12/h5-6,8-9,13,15,17H,2-4,7,10-11H2,1H3. The van der Waals surface area contributed by atoms with E-state index in [1.54, 1.807) is 12.1 Å². The first-order chi connectivity index (χ1) is 8.70. The number of Topliss-reactive ketones (excluding diaryl/α,β-unsaturated/α-hetero) is 1. The van der Waals surface area contributed by atoms with Gasteiger partial charge in [0.1, 0.15) is 11.5 Å². The lowest BCUT2D eigenvalue weighted by Gasteiger charge is -2.18. The average Bonchev–Trinajstić information content (AvgIpc) is 2.71. The lowest BCUT2D eigenvalue weighted by atomic mass is 9.86. The van der Waals surface area contributed by atoms with Crippen LogP contribution >= 0.6 is 0 Å². The van der Waals surface area contributed by atoms with Crippen LogP contribution in [0, 0.1) is 11.8 Å². The van der Waals surface area contributed by atoms with Crippen LogP contribution in [0.3, 0.4) is 0 Å². The van der Waals surface area contributed by atoms with E-state index in [1.807, 2.05) is 12.1 Å². The Hall–Kier alpha value is -1.31. The molecule has 1 aromatic rings. The summed E-state index contributed by atoms with van der Waals surface area (Å²) in [5.41, 5.74) is 1.16. The van der Waals surface area contributed by atoms with E-state index in [4.69, 9.17) is 0 Å². The topological polar surface area (TPSA) is 37.3 Å². The summed E-state index contributed by atoms with van der Waals surface area (Å²) in [4.78, 5) is 12.0. The number of rotatable bonds is 5. The quantitative estimate of drug-likeness (QED) is 0.859. The second kappa shape index (κ2) is 6.03. The van der Waals surface area contributed by atoms with Gasteiger partial charge in [0.2, 0.25) is 0 Å². The Morgan fingerprint density at radius 3 is 2.67 bits per heavy atom. The fraction of sp³-hybridized carbons (Fsp3) is 0.562. The van der Waals surface area contributed by atoms with E-state index in [0.717, 1.165) is 24.8 Å². The number of hydrogen-bond acceptors (Lipinski definition) is 2. The number of ketones is 1. The number of carbonyl (C=O) groups excluding carboxylic acids is 1. The van der Waals surface area contributed by atoms with E-state index in [9.17, 15) is 9.90 Å². The summed E-state index contributed by atoms with van der Waals surface area (Å²) >= 11 is 0. The molecule has 2 nitrogen and oxygen atoms in total. The van der Waals surface area contributed by atoms with Gasteiger partial charge in [0.05, 0.1) is 0 Å². The van der Waals surface area contributed by atoms with Gasteiger partial charge in [-0.3, -0.25) is 4.79 Å². The molecule has 0 aliphatic heterocycles. The van der Waals surface area contributed by atoms with Crippen LogP contribution in [0.5, 0.6) is 5.75 Å². The smallest absolute Gasteiger partial charge is 0.136 e. The van der Waals surface area contributed by atoms with Crippen LogP contribution in [0.2, 0.25) is 0 Å². The van der Waals surface area contributed by atoms with Crippen molar-refractivity contribution < 1.29 is 9.90 Å². The zero-order valence-electron chi connectivity index (χ0n) is 11.1. The highest BCUT2D eigenvalue weighted by molar-refractivity contribution is 5.83. The summed E-state index contributed by atoms with van der Waals surface area (Å²) in [5.74, 6) is 1.51. The predicted molar refractivity (Wildman–Crippen MR) is 72.6 cm³/mol. The van der Waals surface area contributed by atoms with Gasteiger partial charge in [-0.25, -0.2) is 0 Å². The molecule has 0 amide bonds. The van der Waals surface area contributed by atoms with Gasteiger partial charge >= 0.3 is 0 Å². The number of benzene rings is 1. The number of carbonyl (C=O) groups is 1. The molecule has 1 fully saturated rings. The van der Waals surface area contributed by atoms with Crippen molar-refractivity contribution in [1.29, 1.82) is 0 Å². The number of phenolic OH excluding ortho intramolecular Hbond substituents is 1. The summed E-state index contributed by atoms with van der Waals surface area (Å²) in [5, 5.41) is 9.27. The van der Waals surface area contributed by atoms with Gasteiger partial charge in [-0.05, 0) is 42.9 Å². The first-order valence-electron chi connectivity index (χ1n) is 7.01. The van der Waals surface area contributed by atoms with E-state index in [1.165, 1.54) is 19.3 Å². The number of unbranched alkanes of at least 4 members (excludes halogenated alkanes) is 1. The Bertz CT molecular complexity index is 394. The molecule has 0 aromatic heterocycles. The third-order valence-corrected chi connectivity index (χ3v) is 4.06. The summed E-state index contributed by atoms with van der Waals surface area (Å²) in [6.07, 6.45) is 6.29. The molecule has 0 heterocycles. The van der Waals surface area contributed by atoms with Crippen molar-refractivity contribution >= 4 is 5.78 Å². The Labute approximate surface area is 109 Å². The van der Waals surface area contributed by atoms with Crippen LogP contribution in [0.4, 0.5) is 0 Å². The van der Waals surface area contributed by atoms with E-state index >= 15 is 0 Å². The fourth-order valence-electron chi connectivity index (χ4n) is 2.96. The molecule has 0 saturated heterocycles. The maximum atomic E-state index is 12.0. The van der Waals surface area contributed by atoms with Gasteiger partial charge in [0.25, 0.3) is 0 Å². The van der Waals surface area contributed by atoms with Crippen LogP contribution in [0.25, 0.3) is 0 Å². The second-order valence-electron chi connectivity index (χ2n) is 5.38. The number of hydrogen-bond donors (Lipinski definition) is 1. The van der Waals surface area contributed by atoms with Crippen molar-refractivity contribution in [2.45, 2.75) is 45.4 Å². The monoisotopic (exact) mass is 246 g/mol. The molecule has 18 heavy (non-hydrogen) atoms. The Morgan fingerprint density at radius 1 is 1.28 bits per heavy atom. The van der Waals surface area contributed by atoms with Gasteiger partial charge in [0, 0.05) is 12.3 Å². The Balaban J connectivity index is 2.00. The third kappa shape index (κ3) is 3.12. The minimum absolute atomic E-state index is 0.209. The third-order valence-electron chi connectivity index (χ3n) is 4.06. The van der Waals surface area contributed by atoms with Gasteiger partial charge in [-0.1, -0.05) is 31.9 Å². The number of phenols is 1. The van der Waals surface area contributed by atoms with Gasteiger partial charge < -0.3 is 5.11 Å². The van der Waals surface area contributed by atoms with Crippen molar-refractivity contribution in [3.05, 3.63) is 29.8 Å². The largest absolute Gasteiger partial charge is 0.508 e. The van der Waals surface area contributed by atoms with Crippen molar-refractivity contribution in [3.63, 3.8) is 0 Å². The molecule has 0 bridgehead atoms. The highest BCUT2D eigenvalue weighted by Gasteiger charge is 2.33. The van der Waals surface area contributed by atoms with Crippen molar-refractivity contribution in [3.8, 4) is 5.75 Å². The summed E-state index contributed by atoms with van der Waals surface area (Å²) in [7, 11) is 0. The SMILES string of the molecule is CCCCC1CCC(=O)C1Cc1ccc(O)cc1. The van der Waals surface area contributed by atoms with Crippen molar-refractivity contribution in [1.82, 2.24) is 0 Å². The minimum Gasteiger partial charge on any atom is -0.508 e. The molecule has 1 aliphatic rings. The average molecular weight is 246 g/mol. The molecule has 2 atom stereocenters. The molecule has 0 spiro atoms. The van der Waals surface area contributed by atoms with Crippen LogP contribution in [0.1, 0.15) is 44.6 Å². The maximum absolute atomic E-state index is 12.0. The van der Waals surface area contributed by atoms with Crippen LogP contribution in [-0.4, -0.2) is 10.9 Å². The van der Waals surface area contributed by atoms with E-state index in [2.05, 4.69) is 6.92 Å². The Morgan fingerprint density at radius 2 is 2.00 bits per heavy atom. The van der Waals surface area contributed by atoms with Gasteiger partial charge in [-0.2, -0.15) is 0 Å². The second-order valence-corrected chi connectivity index (χ2v) is 5.38. The maximum Gasteiger partial charge on any atom is 0.136 e. The van der Waals surface area contributed by atoms with Gasteiger partial charge in [0.15, 0.2) is 0 Å². The molecule has 1 aliphatic carbocycles. The van der Waals surface area contributed by atoms with Crippen LogP contribution < -0.4 is 0 Å². The summed E-state index contributed by atoms with van der Waals surface area (Å²) < 4.78 is 0. The van der Waals surface area contributed by atoms with Crippen molar-refractivity contribution in [2.75, 3.05) is 0 Å². The highest BCUT2D eigenvalue weighted by Crippen LogP contribution is 2.35. The molecule has 1 N–H and O–H groups in total. The molecule has 2 rings (SSSR count). The highest BCUT2D eigenvalue weighted by atomic mass is 16.3. The normalized spacial score (nSPS) is 23.5. The van der Waals surface area contributed by atoms with Crippen LogP contribution in [0.15, 0.2) is 24.3 Å². The first-order valence-corrected chi connectivity index (χ1v) is 7.01. The zero-order valence-corrected chi connectivity index (χ0v) is 11.1. The molecule has 98 valence electrons. The zero-order chi connectivity index (χ0) is 13.0. The molecular weight excluding hydrogens is 224 g/mol. The Kier molecular flexibility index (Phi) is 4.40. The molecule has 0 radical (unpaired) electrons. The molecule has 2 heteroatoms. The van der Waals surface area contributed by atoms with E-state index < -0.39 is 0 Å². The van der Waals surface area contributed by atoms with E-state index in [-0.39, 0.29) is 5.92 Å². The molecular formula is C16H22O2. The lowest BCUT2D eigenvalue weighted by Crippen LogP contribution is -2.17. The van der Waals surface area contributed by atoms with Crippen molar-refractivity contribution in [2.24, 2.45) is 11.8 Å². The summed E-state index contributed by atoms with van der Waals surface area (Å²) in [6.45, 7) is 2.20. The molecule has 2 unspecified atom stereocenters. The predicted octanol–water partition coefficient (Wildman–Crippen LogP) is 3.72. The first kappa shape index (κ1) is 13.1. The number of aromatic hydroxyl groups is 1. The molecule has 1 aromatic carbocycles. The van der Waals surface area contributed by atoms with Gasteiger partial charge in [-0.15, -0.1) is 0 Å².